The third-order valence-electron chi connectivity index (χ3n) is 10.2. The van der Waals surface area contributed by atoms with Crippen LogP contribution in [0.15, 0.2) is 99.9 Å². The van der Waals surface area contributed by atoms with E-state index < -0.39 is 32.0 Å². The molecule has 5 N–H and O–H groups in total. The number of hydrogen-bond donors (Lipinski definition) is 5. The fourth-order valence-electron chi connectivity index (χ4n) is 6.32. The molecule has 6 aromatic rings. The molecule has 0 saturated carbocycles. The summed E-state index contributed by atoms with van der Waals surface area (Å²) in [4.78, 5) is 23.4. The summed E-state index contributed by atoms with van der Waals surface area (Å²) in [5, 5.41) is 34.5. The summed E-state index contributed by atoms with van der Waals surface area (Å²) < 4.78 is 69.2. The molecule has 1 aliphatic rings. The van der Waals surface area contributed by atoms with E-state index in [2.05, 4.69) is 56.1 Å². The van der Waals surface area contributed by atoms with E-state index in [0.29, 0.717) is 21.4 Å². The van der Waals surface area contributed by atoms with Gasteiger partial charge in [-0.1, -0.05) is 99.4 Å². The monoisotopic (exact) mass is 1070 g/mol. The van der Waals surface area contributed by atoms with Crippen LogP contribution in [0.1, 0.15) is 97.9 Å². The third-order valence-corrected chi connectivity index (χ3v) is 13.4. The number of rotatable bonds is 11. The van der Waals surface area contributed by atoms with Crippen LogP contribution in [-0.2, 0) is 40.4 Å². The van der Waals surface area contributed by atoms with Gasteiger partial charge in [0.05, 0.1) is 51.0 Å². The van der Waals surface area contributed by atoms with E-state index in [1.54, 1.807) is 61.5 Å². The summed E-state index contributed by atoms with van der Waals surface area (Å²) >= 11 is 12.2. The quantitative estimate of drug-likeness (QED) is 0.0394. The first kappa shape index (κ1) is 59.8. The second kappa shape index (κ2) is 25.7. The maximum absolute atomic E-state index is 13.0. The Kier molecular flexibility index (Phi) is 21.7. The van der Waals surface area contributed by atoms with Gasteiger partial charge in [0.1, 0.15) is 0 Å². The van der Waals surface area contributed by atoms with E-state index in [0.717, 1.165) is 24.3 Å². The van der Waals surface area contributed by atoms with Crippen LogP contribution in [0.5, 0.6) is 0 Å². The largest absolute Gasteiger partial charge is 1.00 e. The number of aromatic nitrogens is 6. The van der Waals surface area contributed by atoms with Crippen molar-refractivity contribution in [3.63, 3.8) is 0 Å². The standard InChI is InChI=1S/C21H23ClN4O4S.C20H21ClN4O4S.C4H8O.H2N3O.Na/c1-13-19(20(27)30-5)23-25-26(13)18-12-15(22)8-11-17(18)24-31(28,29)16-9-6-14(7-10-16)21(2,3)4;1-12-18(19(26)27)22-24-25(12)17-11-14(21)7-10-16(17)23-30(28,29)15-8-5-13(6-9-15)20(2,3)4;1-2-4-5-3-1;1-2-3-4;/h6-12,24H,1-5H3;5-11,23H,1-4H3,(H,26,27);1-4H2;(H2-,1,2,3,4);/q;;;-1;+1. The number of esters is 1. The Morgan fingerprint density at radius 3 is 1.38 bits per heavy atom. The molecule has 0 amide bonds. The van der Waals surface area contributed by atoms with Crippen LogP contribution in [0, 0.1) is 19.4 Å². The molecule has 0 aliphatic carbocycles. The van der Waals surface area contributed by atoms with Gasteiger partial charge in [0.25, 0.3) is 20.0 Å². The number of carboxylic acid groups (broad SMARTS) is 1. The van der Waals surface area contributed by atoms with E-state index in [4.69, 9.17) is 43.4 Å². The number of ether oxygens (including phenoxy) is 2. The third kappa shape index (κ3) is 16.3. The van der Waals surface area contributed by atoms with Crippen molar-refractivity contribution in [3.05, 3.63) is 134 Å². The van der Waals surface area contributed by atoms with Crippen LogP contribution in [0.3, 0.4) is 0 Å². The molecule has 21 nitrogen and oxygen atoms in total. The van der Waals surface area contributed by atoms with Crippen molar-refractivity contribution in [1.82, 2.24) is 30.0 Å². The van der Waals surface area contributed by atoms with Gasteiger partial charge >= 0.3 is 41.5 Å². The number of aromatic carboxylic acids is 1. The number of nitrogens with one attached hydrogen (secondary N) is 3. The minimum absolute atomic E-state index is 0. The number of sulfonamides is 2. The normalized spacial score (nSPS) is 12.3. The van der Waals surface area contributed by atoms with Crippen molar-refractivity contribution < 1.29 is 75.8 Å². The zero-order chi connectivity index (χ0) is 52.2. The van der Waals surface area contributed by atoms with Crippen molar-refractivity contribution in [1.29, 1.82) is 5.53 Å². The Morgan fingerprint density at radius 1 is 0.718 bits per heavy atom. The molecule has 1 aliphatic heterocycles. The molecule has 0 atom stereocenters. The van der Waals surface area contributed by atoms with Crippen molar-refractivity contribution in [3.8, 4) is 11.4 Å². The van der Waals surface area contributed by atoms with Crippen molar-refractivity contribution in [2.45, 2.75) is 88.9 Å². The minimum Gasteiger partial charge on any atom is -0.476 e. The van der Waals surface area contributed by atoms with Crippen molar-refractivity contribution >= 4 is 66.6 Å². The second-order valence-electron chi connectivity index (χ2n) is 17.3. The van der Waals surface area contributed by atoms with Gasteiger partial charge in [0, 0.05) is 23.3 Å². The zero-order valence-corrected chi connectivity index (χ0v) is 45.9. The summed E-state index contributed by atoms with van der Waals surface area (Å²) in [6, 6.07) is 22.5. The number of halogens is 2. The fraction of sp³-hybridized carbons (Fsp3) is 0.333. The second-order valence-corrected chi connectivity index (χ2v) is 21.5. The van der Waals surface area contributed by atoms with Crippen molar-refractivity contribution in [2.24, 2.45) is 5.22 Å². The summed E-state index contributed by atoms with van der Waals surface area (Å²) in [6.45, 7) is 17.4. The molecule has 0 bridgehead atoms. The Hall–Kier alpha value is -5.50. The number of carbonyl (C=O) groups is 2. The van der Waals surface area contributed by atoms with Crippen LogP contribution >= 0.6 is 23.2 Å². The van der Waals surface area contributed by atoms with Gasteiger partial charge in [-0.25, -0.2) is 35.8 Å². The summed E-state index contributed by atoms with van der Waals surface area (Å²) in [7, 11) is -6.56. The van der Waals surface area contributed by atoms with E-state index >= 15 is 0 Å². The first-order chi connectivity index (χ1) is 32.7. The fourth-order valence-corrected chi connectivity index (χ4v) is 8.80. The van der Waals surface area contributed by atoms with Crippen molar-refractivity contribution in [2.75, 3.05) is 29.8 Å². The molecule has 3 heterocycles. The maximum atomic E-state index is 13.0. The van der Waals surface area contributed by atoms with Crippen LogP contribution < -0.4 is 39.0 Å². The Labute approximate surface area is 444 Å². The number of carbonyl (C=O) groups excluding carboxylic acids is 1. The topological polar surface area (TPSA) is 297 Å². The Morgan fingerprint density at radius 2 is 1.08 bits per heavy atom. The smallest absolute Gasteiger partial charge is 0.476 e. The predicted molar refractivity (Wildman–Crippen MR) is 263 cm³/mol. The number of hydrogen-bond acceptors (Lipinski definition) is 15. The summed E-state index contributed by atoms with van der Waals surface area (Å²) in [5.74, 6) is -1.88. The first-order valence-corrected chi connectivity index (χ1v) is 24.8. The summed E-state index contributed by atoms with van der Waals surface area (Å²) in [6.07, 6.45) is 2.56. The molecular weight excluding hydrogens is 1010 g/mol. The number of benzene rings is 4. The Balaban J connectivity index is 0.000000315. The number of nitrogens with zero attached hydrogens (tertiary/aromatic N) is 8. The van der Waals surface area contributed by atoms with E-state index in [1.807, 2.05) is 26.4 Å². The minimum atomic E-state index is -3.91. The molecule has 0 radical (unpaired) electrons. The van der Waals surface area contributed by atoms with Gasteiger partial charge < -0.3 is 25.3 Å². The molecule has 7 rings (SSSR count). The van der Waals surface area contributed by atoms with E-state index in [9.17, 15) is 31.5 Å². The van der Waals surface area contributed by atoms with E-state index in [1.165, 1.54) is 66.6 Å². The molecule has 4 aromatic carbocycles. The average molecular weight is 1070 g/mol. The molecule has 0 unspecified atom stereocenters. The van der Waals surface area contributed by atoms with E-state index in [-0.39, 0.29) is 84.3 Å². The molecule has 376 valence electrons. The molecule has 2 aromatic heterocycles. The van der Waals surface area contributed by atoms with Gasteiger partial charge in [-0.3, -0.25) is 20.3 Å². The molecule has 0 spiro atoms. The van der Waals surface area contributed by atoms with Gasteiger partial charge in [-0.2, -0.15) is 0 Å². The molecule has 1 fully saturated rings. The molecule has 71 heavy (non-hydrogen) atoms. The van der Waals surface area contributed by atoms with Crippen LogP contribution in [0.25, 0.3) is 17.0 Å². The maximum Gasteiger partial charge on any atom is 1.00 e. The van der Waals surface area contributed by atoms with Gasteiger partial charge in [-0.15, -0.1) is 10.2 Å². The number of anilines is 2. The average Bonchev–Trinajstić information content (AvgIpc) is 4.10. The van der Waals surface area contributed by atoms with Gasteiger partial charge in [-0.05, 0) is 109 Å². The van der Waals surface area contributed by atoms with Gasteiger partial charge in [0.15, 0.2) is 11.4 Å². The van der Waals surface area contributed by atoms with Crippen LogP contribution in [-0.4, -0.2) is 89.4 Å². The predicted octanol–water partition coefficient (Wildman–Crippen LogP) is 6.64. The molecular formula is C45H54Cl2N11NaO10S2. The van der Waals surface area contributed by atoms with Crippen LogP contribution in [0.2, 0.25) is 10.0 Å². The SMILES string of the molecule is C1CCOC1.COC(=O)c1nnn(-c2cc(Cl)ccc2NS(=O)(=O)c2ccc(C(C)(C)C)cc2)c1C.Cc1c(C(=O)O)nnn1-c1cc(Cl)ccc1NS(=O)(=O)c1ccc(C(C)(C)C)cc1.N=N[N-]O.[Na+]. The Bertz CT molecular complexity index is 3000. The molecule has 26 heteroatoms. The molecule has 1 saturated heterocycles. The zero-order valence-electron chi connectivity index (χ0n) is 40.7. The van der Waals surface area contributed by atoms with Gasteiger partial charge in [0.2, 0.25) is 0 Å². The number of carboxylic acids is 1. The van der Waals surface area contributed by atoms with Crippen LogP contribution in [0.4, 0.5) is 11.4 Å². The summed E-state index contributed by atoms with van der Waals surface area (Å²) in [5.41, 5.74) is 10.9. The number of methoxy groups -OCH3 is 1. The first-order valence-electron chi connectivity index (χ1n) is 21.1.